The number of nitrogens with one attached hydrogen (secondary N) is 1. The number of hydrogen-bond acceptors (Lipinski definition) is 2. The molecule has 0 aliphatic rings. The van der Waals surface area contributed by atoms with E-state index in [-0.39, 0.29) is 5.91 Å². The van der Waals surface area contributed by atoms with Crippen LogP contribution in [0.15, 0.2) is 73.2 Å². The second-order valence-electron chi connectivity index (χ2n) is 6.27. The first-order valence-electron chi connectivity index (χ1n) is 8.66. The molecule has 0 saturated heterocycles. The Morgan fingerprint density at radius 3 is 2.54 bits per heavy atom. The lowest BCUT2D eigenvalue weighted by Crippen LogP contribution is -2.25. The van der Waals surface area contributed by atoms with E-state index in [1.54, 1.807) is 0 Å². The van der Waals surface area contributed by atoms with Gasteiger partial charge in [0.2, 0.25) is 0 Å². The summed E-state index contributed by atoms with van der Waals surface area (Å²) in [5.74, 6) is -0.0657. The zero-order valence-corrected chi connectivity index (χ0v) is 14.6. The first-order chi connectivity index (χ1) is 12.7. The third-order valence-electron chi connectivity index (χ3n) is 4.44. The zero-order valence-electron chi connectivity index (χ0n) is 14.6. The Hall–Kier alpha value is -3.34. The molecular formula is C21H20N4O. The monoisotopic (exact) mass is 344 g/mol. The summed E-state index contributed by atoms with van der Waals surface area (Å²) in [5, 5.41) is 2.97. The minimum Gasteiger partial charge on any atom is -0.352 e. The van der Waals surface area contributed by atoms with Crippen molar-refractivity contribution in [2.24, 2.45) is 0 Å². The Labute approximate surface area is 151 Å². The maximum atomic E-state index is 12.3. The molecule has 0 atom stereocenters. The van der Waals surface area contributed by atoms with E-state index in [4.69, 9.17) is 0 Å². The summed E-state index contributed by atoms with van der Waals surface area (Å²) in [6.45, 7) is 2.61. The number of hydrogen-bond donors (Lipinski definition) is 1. The Kier molecular flexibility index (Phi) is 4.27. The molecule has 0 unspecified atom stereocenters. The zero-order chi connectivity index (χ0) is 17.9. The van der Waals surface area contributed by atoms with Crippen molar-refractivity contribution in [2.45, 2.75) is 13.3 Å². The Morgan fingerprint density at radius 2 is 1.81 bits per heavy atom. The van der Waals surface area contributed by atoms with E-state index < -0.39 is 0 Å². The first-order valence-corrected chi connectivity index (χ1v) is 8.66. The second-order valence-corrected chi connectivity index (χ2v) is 6.27. The number of carbonyl (C=O) groups is 1. The van der Waals surface area contributed by atoms with E-state index >= 15 is 0 Å². The Morgan fingerprint density at radius 1 is 1.04 bits per heavy atom. The summed E-state index contributed by atoms with van der Waals surface area (Å²) in [7, 11) is 0. The van der Waals surface area contributed by atoms with Crippen LogP contribution in [-0.2, 0) is 6.42 Å². The van der Waals surface area contributed by atoms with Crippen LogP contribution >= 0.6 is 0 Å². The highest BCUT2D eigenvalue weighted by atomic mass is 16.1. The average Bonchev–Trinajstić information content (AvgIpc) is 3.32. The van der Waals surface area contributed by atoms with Crippen LogP contribution < -0.4 is 5.32 Å². The summed E-state index contributed by atoms with van der Waals surface area (Å²) in [4.78, 5) is 16.9. The molecule has 4 aromatic rings. The van der Waals surface area contributed by atoms with Crippen molar-refractivity contribution in [3.05, 3.63) is 90.1 Å². The van der Waals surface area contributed by atoms with Crippen molar-refractivity contribution >= 4 is 11.6 Å². The number of benzene rings is 1. The van der Waals surface area contributed by atoms with Crippen LogP contribution in [0.25, 0.3) is 11.3 Å². The van der Waals surface area contributed by atoms with Crippen molar-refractivity contribution in [1.29, 1.82) is 0 Å². The molecule has 0 fully saturated rings. The molecule has 0 aliphatic carbocycles. The molecule has 5 nitrogen and oxygen atoms in total. The molecule has 1 amide bonds. The number of rotatable bonds is 5. The van der Waals surface area contributed by atoms with Crippen molar-refractivity contribution in [3.63, 3.8) is 0 Å². The molecule has 26 heavy (non-hydrogen) atoms. The minimum absolute atomic E-state index is 0.0657. The number of fused-ring (bicyclic) bond motifs is 1. The van der Waals surface area contributed by atoms with Gasteiger partial charge in [0.15, 0.2) is 0 Å². The molecule has 0 aliphatic heterocycles. The second kappa shape index (κ2) is 6.88. The third-order valence-corrected chi connectivity index (χ3v) is 4.44. The van der Waals surface area contributed by atoms with Gasteiger partial charge in [0, 0.05) is 48.5 Å². The predicted molar refractivity (Wildman–Crippen MR) is 102 cm³/mol. The lowest BCUT2D eigenvalue weighted by Gasteiger charge is -2.06. The molecule has 0 spiro atoms. The van der Waals surface area contributed by atoms with Crippen LogP contribution in [0.4, 0.5) is 0 Å². The minimum atomic E-state index is -0.0657. The van der Waals surface area contributed by atoms with Gasteiger partial charge in [-0.05, 0) is 55.5 Å². The molecule has 1 aromatic carbocycles. The SMILES string of the molecule is Cc1cccc2nc(CCNC(=O)c3ccc(-n4cccc4)cc3)cn12. The van der Waals surface area contributed by atoms with Crippen molar-refractivity contribution < 1.29 is 4.79 Å². The highest BCUT2D eigenvalue weighted by Crippen LogP contribution is 2.11. The molecule has 0 radical (unpaired) electrons. The maximum Gasteiger partial charge on any atom is 0.251 e. The Bertz CT molecular complexity index is 1030. The van der Waals surface area contributed by atoms with Gasteiger partial charge in [0.05, 0.1) is 5.69 Å². The molecule has 3 aromatic heterocycles. The number of imidazole rings is 1. The third kappa shape index (κ3) is 3.24. The fourth-order valence-corrected chi connectivity index (χ4v) is 3.02. The number of pyridine rings is 1. The molecule has 3 heterocycles. The molecule has 0 saturated carbocycles. The van der Waals surface area contributed by atoms with E-state index in [1.807, 2.05) is 71.7 Å². The molecule has 130 valence electrons. The Balaban J connectivity index is 1.36. The van der Waals surface area contributed by atoms with Crippen LogP contribution in [0.1, 0.15) is 21.7 Å². The number of amides is 1. The fourth-order valence-electron chi connectivity index (χ4n) is 3.02. The molecular weight excluding hydrogens is 324 g/mol. The standard InChI is InChI=1S/C21H20N4O/c1-16-5-4-6-20-23-18(15-25(16)20)11-12-22-21(26)17-7-9-19(10-8-17)24-13-2-3-14-24/h2-10,13-15H,11-12H2,1H3,(H,22,26). The fraction of sp³-hybridized carbons (Fsp3) is 0.143. The smallest absolute Gasteiger partial charge is 0.251 e. The van der Waals surface area contributed by atoms with Gasteiger partial charge in [-0.1, -0.05) is 6.07 Å². The summed E-state index contributed by atoms with van der Waals surface area (Å²) in [6, 6.07) is 17.6. The average molecular weight is 344 g/mol. The van der Waals surface area contributed by atoms with E-state index in [9.17, 15) is 4.79 Å². The maximum absolute atomic E-state index is 12.3. The van der Waals surface area contributed by atoms with Gasteiger partial charge in [-0.15, -0.1) is 0 Å². The summed E-state index contributed by atoms with van der Waals surface area (Å²) in [5.41, 5.74) is 4.75. The van der Waals surface area contributed by atoms with Crippen LogP contribution in [-0.4, -0.2) is 26.4 Å². The molecule has 5 heteroatoms. The summed E-state index contributed by atoms with van der Waals surface area (Å²) in [6.07, 6.45) is 6.69. The lowest BCUT2D eigenvalue weighted by atomic mass is 10.2. The van der Waals surface area contributed by atoms with E-state index in [0.29, 0.717) is 18.5 Å². The van der Waals surface area contributed by atoms with Gasteiger partial charge in [0.1, 0.15) is 5.65 Å². The largest absolute Gasteiger partial charge is 0.352 e. The molecule has 1 N–H and O–H groups in total. The van der Waals surface area contributed by atoms with Gasteiger partial charge >= 0.3 is 0 Å². The van der Waals surface area contributed by atoms with Gasteiger partial charge < -0.3 is 14.3 Å². The topological polar surface area (TPSA) is 51.3 Å². The van der Waals surface area contributed by atoms with E-state index in [2.05, 4.69) is 27.7 Å². The highest BCUT2D eigenvalue weighted by Gasteiger charge is 2.07. The van der Waals surface area contributed by atoms with Crippen LogP contribution in [0, 0.1) is 6.92 Å². The van der Waals surface area contributed by atoms with Gasteiger partial charge in [-0.25, -0.2) is 4.98 Å². The number of aryl methyl sites for hydroxylation is 1. The van der Waals surface area contributed by atoms with Crippen LogP contribution in [0.5, 0.6) is 0 Å². The highest BCUT2D eigenvalue weighted by molar-refractivity contribution is 5.94. The van der Waals surface area contributed by atoms with E-state index in [1.165, 1.54) is 0 Å². The van der Waals surface area contributed by atoms with Crippen molar-refractivity contribution in [3.8, 4) is 5.69 Å². The van der Waals surface area contributed by atoms with Gasteiger partial charge in [-0.2, -0.15) is 0 Å². The van der Waals surface area contributed by atoms with Crippen molar-refractivity contribution in [1.82, 2.24) is 19.3 Å². The van der Waals surface area contributed by atoms with Crippen LogP contribution in [0.3, 0.4) is 0 Å². The lowest BCUT2D eigenvalue weighted by molar-refractivity contribution is 0.0954. The number of aromatic nitrogens is 3. The normalized spacial score (nSPS) is 11.0. The number of nitrogens with zero attached hydrogens (tertiary/aromatic N) is 3. The number of carbonyl (C=O) groups excluding carboxylic acids is 1. The van der Waals surface area contributed by atoms with E-state index in [0.717, 1.165) is 22.7 Å². The summed E-state index contributed by atoms with van der Waals surface area (Å²) < 4.78 is 4.07. The van der Waals surface area contributed by atoms with Gasteiger partial charge in [0.25, 0.3) is 5.91 Å². The quantitative estimate of drug-likeness (QED) is 0.603. The molecule has 0 bridgehead atoms. The molecule has 4 rings (SSSR count). The first kappa shape index (κ1) is 16.1. The van der Waals surface area contributed by atoms with Gasteiger partial charge in [-0.3, -0.25) is 4.79 Å². The van der Waals surface area contributed by atoms with Crippen molar-refractivity contribution in [2.75, 3.05) is 6.54 Å². The predicted octanol–water partition coefficient (Wildman–Crippen LogP) is 3.41. The summed E-state index contributed by atoms with van der Waals surface area (Å²) >= 11 is 0. The van der Waals surface area contributed by atoms with Crippen LogP contribution in [0.2, 0.25) is 0 Å².